The van der Waals surface area contributed by atoms with Gasteiger partial charge in [0.2, 0.25) is 0 Å². The fourth-order valence-electron chi connectivity index (χ4n) is 1.79. The fourth-order valence-corrected chi connectivity index (χ4v) is 1.79. The Kier molecular flexibility index (Phi) is 6.31. The summed E-state index contributed by atoms with van der Waals surface area (Å²) >= 11 is 0. The molecule has 0 bridgehead atoms. The summed E-state index contributed by atoms with van der Waals surface area (Å²) < 4.78 is 0. The van der Waals surface area contributed by atoms with Gasteiger partial charge in [0, 0.05) is 12.6 Å². The summed E-state index contributed by atoms with van der Waals surface area (Å²) in [6.07, 6.45) is 2.43. The van der Waals surface area contributed by atoms with Gasteiger partial charge < -0.3 is 5.11 Å². The van der Waals surface area contributed by atoms with Gasteiger partial charge in [-0.05, 0) is 31.7 Å². The van der Waals surface area contributed by atoms with E-state index < -0.39 is 0 Å². The Bertz CT molecular complexity index is 345. The van der Waals surface area contributed by atoms with Gasteiger partial charge in [-0.25, -0.2) is 0 Å². The summed E-state index contributed by atoms with van der Waals surface area (Å²) in [6, 6.07) is 12.4. The van der Waals surface area contributed by atoms with E-state index in [1.165, 1.54) is 5.56 Å². The van der Waals surface area contributed by atoms with Crippen LogP contribution in [0.15, 0.2) is 30.3 Å². The molecule has 0 saturated carbocycles. The highest BCUT2D eigenvalue weighted by Crippen LogP contribution is 2.13. The first-order valence-electron chi connectivity index (χ1n) is 6.09. The predicted octanol–water partition coefficient (Wildman–Crippen LogP) is 2.39. The average Bonchev–Trinajstić information content (AvgIpc) is 2.38. The van der Waals surface area contributed by atoms with E-state index >= 15 is 0 Å². The third-order valence-corrected chi connectivity index (χ3v) is 2.81. The molecule has 2 atom stereocenters. The van der Waals surface area contributed by atoms with E-state index in [1.807, 2.05) is 18.2 Å². The van der Waals surface area contributed by atoms with Crippen LogP contribution in [0.3, 0.4) is 0 Å². The van der Waals surface area contributed by atoms with Crippen LogP contribution in [0.5, 0.6) is 0 Å². The number of nitrogens with one attached hydrogen (secondary N) is 1. The fraction of sp³-hybridized carbons (Fsp3) is 0.500. The van der Waals surface area contributed by atoms with Crippen molar-refractivity contribution in [2.24, 2.45) is 0 Å². The number of nitrogens with zero attached hydrogens (tertiary/aromatic N) is 1. The monoisotopic (exact) mass is 232 g/mol. The quantitative estimate of drug-likeness (QED) is 0.710. The molecule has 3 heteroatoms. The average molecular weight is 232 g/mol. The molecule has 1 rings (SSSR count). The molecule has 2 N–H and O–H groups in total. The van der Waals surface area contributed by atoms with E-state index in [2.05, 4.69) is 30.4 Å². The molecule has 0 fully saturated rings. The van der Waals surface area contributed by atoms with Crippen molar-refractivity contribution >= 4 is 0 Å². The molecule has 1 aromatic carbocycles. The third-order valence-electron chi connectivity index (χ3n) is 2.81. The molecule has 0 aromatic heterocycles. The van der Waals surface area contributed by atoms with E-state index in [1.54, 1.807) is 0 Å². The van der Waals surface area contributed by atoms with Crippen LogP contribution in [-0.4, -0.2) is 17.8 Å². The Hall–Kier alpha value is -1.37. The van der Waals surface area contributed by atoms with E-state index in [-0.39, 0.29) is 18.7 Å². The van der Waals surface area contributed by atoms with E-state index in [9.17, 15) is 0 Å². The molecule has 92 valence electrons. The molecule has 1 aromatic rings. The number of nitriles is 1. The number of hydrogen-bond acceptors (Lipinski definition) is 3. The largest absolute Gasteiger partial charge is 0.396 e. The van der Waals surface area contributed by atoms with Gasteiger partial charge in [0.1, 0.15) is 0 Å². The predicted molar refractivity (Wildman–Crippen MR) is 68.3 cm³/mol. The van der Waals surface area contributed by atoms with Gasteiger partial charge in [-0.2, -0.15) is 5.26 Å². The number of benzene rings is 1. The first kappa shape index (κ1) is 13.7. The smallest absolute Gasteiger partial charge is 0.0957 e. The first-order chi connectivity index (χ1) is 8.27. The van der Waals surface area contributed by atoms with Crippen molar-refractivity contribution in [1.82, 2.24) is 5.32 Å². The summed E-state index contributed by atoms with van der Waals surface area (Å²) in [5, 5.41) is 21.1. The lowest BCUT2D eigenvalue weighted by atomic mass is 10.1. The molecule has 0 unspecified atom stereocenters. The minimum absolute atomic E-state index is 0.142. The maximum Gasteiger partial charge on any atom is 0.0957 e. The van der Waals surface area contributed by atoms with Crippen LogP contribution in [-0.2, 0) is 0 Å². The lowest BCUT2D eigenvalue weighted by molar-refractivity contribution is 0.280. The third kappa shape index (κ3) is 4.99. The van der Waals surface area contributed by atoms with Crippen molar-refractivity contribution in [3.05, 3.63) is 35.9 Å². The van der Waals surface area contributed by atoms with Crippen LogP contribution in [0.25, 0.3) is 0 Å². The van der Waals surface area contributed by atoms with E-state index in [4.69, 9.17) is 10.4 Å². The zero-order chi connectivity index (χ0) is 12.5. The molecule has 0 radical (unpaired) electrons. The highest BCUT2D eigenvalue weighted by molar-refractivity contribution is 5.18. The van der Waals surface area contributed by atoms with Crippen LogP contribution in [0, 0.1) is 11.3 Å². The Morgan fingerprint density at radius 2 is 2.00 bits per heavy atom. The molecular weight excluding hydrogens is 212 g/mol. The minimum Gasteiger partial charge on any atom is -0.396 e. The normalized spacial score (nSPS) is 13.9. The SMILES string of the molecule is C[C@H](N[C@H](C#N)CCCCO)c1ccccc1. The second kappa shape index (κ2) is 7.83. The van der Waals surface area contributed by atoms with Gasteiger partial charge in [-0.1, -0.05) is 30.3 Å². The molecule has 0 aliphatic heterocycles. The number of hydrogen-bond donors (Lipinski definition) is 2. The van der Waals surface area contributed by atoms with Gasteiger partial charge in [0.15, 0.2) is 0 Å². The van der Waals surface area contributed by atoms with Gasteiger partial charge in [-0.3, -0.25) is 5.32 Å². The van der Waals surface area contributed by atoms with Crippen molar-refractivity contribution in [1.29, 1.82) is 5.26 Å². The Morgan fingerprint density at radius 1 is 1.29 bits per heavy atom. The summed E-state index contributed by atoms with van der Waals surface area (Å²) in [6.45, 7) is 2.26. The summed E-state index contributed by atoms with van der Waals surface area (Å²) in [4.78, 5) is 0. The van der Waals surface area contributed by atoms with Crippen molar-refractivity contribution in [3.63, 3.8) is 0 Å². The first-order valence-corrected chi connectivity index (χ1v) is 6.09. The van der Waals surface area contributed by atoms with Crippen LogP contribution in [0.1, 0.15) is 37.8 Å². The minimum atomic E-state index is -0.142. The van der Waals surface area contributed by atoms with Crippen LogP contribution >= 0.6 is 0 Å². The summed E-state index contributed by atoms with van der Waals surface area (Å²) in [5.74, 6) is 0. The standard InChI is InChI=1S/C14H20N2O/c1-12(13-7-3-2-4-8-13)16-14(11-15)9-5-6-10-17/h2-4,7-8,12,14,16-17H,5-6,9-10H2,1H3/t12-,14-/m0/s1. The topological polar surface area (TPSA) is 56.0 Å². The number of aliphatic hydroxyl groups excluding tert-OH is 1. The van der Waals surface area contributed by atoms with Crippen LogP contribution in [0.4, 0.5) is 0 Å². The molecule has 0 aliphatic carbocycles. The zero-order valence-corrected chi connectivity index (χ0v) is 10.3. The van der Waals surface area contributed by atoms with Crippen molar-refractivity contribution < 1.29 is 5.11 Å². The second-order valence-corrected chi connectivity index (χ2v) is 4.20. The van der Waals surface area contributed by atoms with Gasteiger partial charge in [-0.15, -0.1) is 0 Å². The van der Waals surface area contributed by atoms with Gasteiger partial charge >= 0.3 is 0 Å². The number of unbranched alkanes of at least 4 members (excludes halogenated alkanes) is 1. The zero-order valence-electron chi connectivity index (χ0n) is 10.3. The molecule has 0 saturated heterocycles. The number of aliphatic hydroxyl groups is 1. The lowest BCUT2D eigenvalue weighted by Gasteiger charge is -2.18. The van der Waals surface area contributed by atoms with Crippen molar-refractivity contribution in [3.8, 4) is 6.07 Å². The highest BCUT2D eigenvalue weighted by atomic mass is 16.2. The Morgan fingerprint density at radius 3 is 2.59 bits per heavy atom. The Labute approximate surface area is 103 Å². The van der Waals surface area contributed by atoms with Gasteiger partial charge in [0.05, 0.1) is 12.1 Å². The van der Waals surface area contributed by atoms with Crippen LogP contribution < -0.4 is 5.32 Å². The van der Waals surface area contributed by atoms with Crippen molar-refractivity contribution in [2.75, 3.05) is 6.61 Å². The molecule has 0 amide bonds. The maximum absolute atomic E-state index is 9.05. The van der Waals surface area contributed by atoms with E-state index in [0.717, 1.165) is 19.3 Å². The summed E-state index contributed by atoms with van der Waals surface area (Å²) in [7, 11) is 0. The molecule has 0 spiro atoms. The molecule has 17 heavy (non-hydrogen) atoms. The molecule has 3 nitrogen and oxygen atoms in total. The van der Waals surface area contributed by atoms with Crippen molar-refractivity contribution in [2.45, 2.75) is 38.3 Å². The lowest BCUT2D eigenvalue weighted by Crippen LogP contribution is -2.30. The highest BCUT2D eigenvalue weighted by Gasteiger charge is 2.11. The number of rotatable bonds is 7. The molecular formula is C14H20N2O. The summed E-state index contributed by atoms with van der Waals surface area (Å²) in [5.41, 5.74) is 1.19. The molecule has 0 aliphatic rings. The Balaban J connectivity index is 2.43. The molecule has 0 heterocycles. The second-order valence-electron chi connectivity index (χ2n) is 4.20. The van der Waals surface area contributed by atoms with Crippen LogP contribution in [0.2, 0.25) is 0 Å². The maximum atomic E-state index is 9.05. The van der Waals surface area contributed by atoms with E-state index in [0.29, 0.717) is 0 Å². The van der Waals surface area contributed by atoms with Gasteiger partial charge in [0.25, 0.3) is 0 Å².